The predicted octanol–water partition coefficient (Wildman–Crippen LogP) is 3.37. The second kappa shape index (κ2) is 7.30. The molecule has 0 radical (unpaired) electrons. The van der Waals surface area contributed by atoms with Gasteiger partial charge in [0.05, 0.1) is 0 Å². The first-order chi connectivity index (χ1) is 11.6. The van der Waals surface area contributed by atoms with Gasteiger partial charge in [-0.15, -0.1) is 0 Å². The van der Waals surface area contributed by atoms with E-state index >= 15 is 0 Å². The van der Waals surface area contributed by atoms with Crippen molar-refractivity contribution in [3.63, 3.8) is 0 Å². The summed E-state index contributed by atoms with van der Waals surface area (Å²) in [5.41, 5.74) is 3.16. The summed E-state index contributed by atoms with van der Waals surface area (Å²) in [6, 6.07) is 14.7. The predicted molar refractivity (Wildman–Crippen MR) is 90.3 cm³/mol. The van der Waals surface area contributed by atoms with Crippen molar-refractivity contribution in [3.05, 3.63) is 65.2 Å². The maximum atomic E-state index is 12.2. The summed E-state index contributed by atoms with van der Waals surface area (Å²) in [5.74, 6) is -0.108. The highest BCUT2D eigenvalue weighted by Crippen LogP contribution is 2.26. The van der Waals surface area contributed by atoms with Crippen LogP contribution in [0.4, 0.5) is 0 Å². The largest absolute Gasteiger partial charge is 0.482 e. The molecule has 2 aromatic rings. The summed E-state index contributed by atoms with van der Waals surface area (Å²) in [5, 5.41) is 0. The van der Waals surface area contributed by atoms with Gasteiger partial charge in [-0.25, -0.2) is 4.79 Å². The van der Waals surface area contributed by atoms with E-state index in [1.807, 2.05) is 24.3 Å². The Labute approximate surface area is 141 Å². The molecule has 0 aliphatic heterocycles. The van der Waals surface area contributed by atoms with Crippen LogP contribution in [0.2, 0.25) is 0 Å². The molecule has 1 atom stereocenters. The Bertz CT molecular complexity index is 737. The molecular formula is C20H20O4. The van der Waals surface area contributed by atoms with Gasteiger partial charge in [-0.05, 0) is 49.4 Å². The molecule has 0 fully saturated rings. The minimum atomic E-state index is -0.830. The number of carbonyl (C=O) groups is 2. The van der Waals surface area contributed by atoms with Crippen LogP contribution in [0.3, 0.4) is 0 Å². The molecule has 124 valence electrons. The normalized spacial score (nSPS) is 13.9. The van der Waals surface area contributed by atoms with Crippen LogP contribution in [0, 0.1) is 0 Å². The van der Waals surface area contributed by atoms with E-state index < -0.39 is 12.1 Å². The number of ether oxygens (including phenoxy) is 2. The molecule has 2 aromatic carbocycles. The molecule has 0 saturated heterocycles. The molecule has 0 saturated carbocycles. The standard InChI is InChI=1S/C20H20O4/c1-14(20(22)16-6-3-2-4-7-16)24-19(21)13-23-18-11-10-15-8-5-9-17(15)12-18/h2-4,6-7,10-12,14H,5,8-9,13H2,1H3/t14-/m1/s1. The molecule has 4 nitrogen and oxygen atoms in total. The van der Waals surface area contributed by atoms with Crippen molar-refractivity contribution in [3.8, 4) is 5.75 Å². The zero-order valence-corrected chi connectivity index (χ0v) is 13.7. The average molecular weight is 324 g/mol. The van der Waals surface area contributed by atoms with Crippen molar-refractivity contribution < 1.29 is 19.1 Å². The lowest BCUT2D eigenvalue weighted by molar-refractivity contribution is -0.148. The second-order valence-corrected chi connectivity index (χ2v) is 5.94. The lowest BCUT2D eigenvalue weighted by atomic mass is 10.1. The Morgan fingerprint density at radius 3 is 2.58 bits per heavy atom. The van der Waals surface area contributed by atoms with Crippen LogP contribution in [0.15, 0.2) is 48.5 Å². The Kier molecular flexibility index (Phi) is 4.94. The number of aryl methyl sites for hydroxylation is 2. The first-order valence-electron chi connectivity index (χ1n) is 8.17. The van der Waals surface area contributed by atoms with Gasteiger partial charge in [0, 0.05) is 5.56 Å². The zero-order valence-electron chi connectivity index (χ0n) is 13.7. The summed E-state index contributed by atoms with van der Waals surface area (Å²) < 4.78 is 10.7. The van der Waals surface area contributed by atoms with Crippen molar-refractivity contribution in [1.29, 1.82) is 0 Å². The van der Waals surface area contributed by atoms with Crippen molar-refractivity contribution in [1.82, 2.24) is 0 Å². The van der Waals surface area contributed by atoms with E-state index in [1.165, 1.54) is 17.5 Å². The van der Waals surface area contributed by atoms with Crippen LogP contribution < -0.4 is 4.74 Å². The molecule has 4 heteroatoms. The molecule has 0 N–H and O–H groups in total. The molecule has 0 heterocycles. The lowest BCUT2D eigenvalue weighted by Crippen LogP contribution is -2.27. The third-order valence-electron chi connectivity index (χ3n) is 4.16. The van der Waals surface area contributed by atoms with Gasteiger partial charge >= 0.3 is 5.97 Å². The van der Waals surface area contributed by atoms with Gasteiger partial charge in [-0.3, -0.25) is 4.79 Å². The highest BCUT2D eigenvalue weighted by molar-refractivity contribution is 6.00. The molecule has 24 heavy (non-hydrogen) atoms. The second-order valence-electron chi connectivity index (χ2n) is 5.94. The number of ketones is 1. The minimum absolute atomic E-state index is 0.203. The van der Waals surface area contributed by atoms with E-state index in [4.69, 9.17) is 9.47 Å². The molecule has 1 aliphatic carbocycles. The number of hydrogen-bond donors (Lipinski definition) is 0. The van der Waals surface area contributed by atoms with Crippen LogP contribution in [0.1, 0.15) is 34.8 Å². The number of Topliss-reactive ketones (excluding diaryl/α,β-unsaturated/α-hetero) is 1. The van der Waals surface area contributed by atoms with E-state index in [0.717, 1.165) is 12.8 Å². The number of esters is 1. The molecule has 0 unspecified atom stereocenters. The smallest absolute Gasteiger partial charge is 0.344 e. The maximum absolute atomic E-state index is 12.2. The van der Waals surface area contributed by atoms with E-state index in [9.17, 15) is 9.59 Å². The van der Waals surface area contributed by atoms with Crippen LogP contribution >= 0.6 is 0 Å². The molecule has 0 amide bonds. The molecule has 0 bridgehead atoms. The maximum Gasteiger partial charge on any atom is 0.344 e. The van der Waals surface area contributed by atoms with Crippen molar-refractivity contribution in [2.45, 2.75) is 32.3 Å². The van der Waals surface area contributed by atoms with E-state index in [1.54, 1.807) is 31.2 Å². The van der Waals surface area contributed by atoms with E-state index in [2.05, 4.69) is 0 Å². The quantitative estimate of drug-likeness (QED) is 0.604. The fourth-order valence-corrected chi connectivity index (χ4v) is 2.90. The SMILES string of the molecule is C[C@@H](OC(=O)COc1ccc2c(c1)CCC2)C(=O)c1ccccc1. The molecule has 0 aromatic heterocycles. The van der Waals surface area contributed by atoms with E-state index in [0.29, 0.717) is 11.3 Å². The van der Waals surface area contributed by atoms with Crippen molar-refractivity contribution in [2.75, 3.05) is 6.61 Å². The van der Waals surface area contributed by atoms with Gasteiger partial charge in [-0.1, -0.05) is 36.4 Å². The van der Waals surface area contributed by atoms with Gasteiger partial charge in [0.25, 0.3) is 0 Å². The molecule has 0 spiro atoms. The highest BCUT2D eigenvalue weighted by Gasteiger charge is 2.19. The van der Waals surface area contributed by atoms with Crippen molar-refractivity contribution in [2.24, 2.45) is 0 Å². The summed E-state index contributed by atoms with van der Waals surface area (Å²) in [6.07, 6.45) is 2.50. The van der Waals surface area contributed by atoms with Gasteiger partial charge < -0.3 is 9.47 Å². The Morgan fingerprint density at radius 2 is 1.79 bits per heavy atom. The van der Waals surface area contributed by atoms with Gasteiger partial charge in [-0.2, -0.15) is 0 Å². The van der Waals surface area contributed by atoms with E-state index in [-0.39, 0.29) is 12.4 Å². The van der Waals surface area contributed by atoms with Gasteiger partial charge in [0.1, 0.15) is 5.75 Å². The summed E-state index contributed by atoms with van der Waals surface area (Å²) in [4.78, 5) is 24.1. The monoisotopic (exact) mass is 324 g/mol. The average Bonchev–Trinajstić information content (AvgIpc) is 3.07. The summed E-state index contributed by atoms with van der Waals surface area (Å²) >= 11 is 0. The highest BCUT2D eigenvalue weighted by atomic mass is 16.6. The Balaban J connectivity index is 1.51. The Hall–Kier alpha value is -2.62. The number of fused-ring (bicyclic) bond motifs is 1. The van der Waals surface area contributed by atoms with Crippen LogP contribution in [-0.4, -0.2) is 24.5 Å². The number of rotatable bonds is 6. The van der Waals surface area contributed by atoms with Gasteiger partial charge in [0.2, 0.25) is 5.78 Å². The number of benzene rings is 2. The minimum Gasteiger partial charge on any atom is -0.482 e. The van der Waals surface area contributed by atoms with Crippen LogP contribution in [0.5, 0.6) is 5.75 Å². The molecule has 1 aliphatic rings. The molecule has 3 rings (SSSR count). The summed E-state index contributed by atoms with van der Waals surface area (Å²) in [7, 11) is 0. The van der Waals surface area contributed by atoms with Gasteiger partial charge in [0.15, 0.2) is 12.7 Å². The van der Waals surface area contributed by atoms with Crippen LogP contribution in [-0.2, 0) is 22.4 Å². The van der Waals surface area contributed by atoms with Crippen molar-refractivity contribution >= 4 is 11.8 Å². The number of carbonyl (C=O) groups excluding carboxylic acids is 2. The topological polar surface area (TPSA) is 52.6 Å². The Morgan fingerprint density at radius 1 is 1.04 bits per heavy atom. The first kappa shape index (κ1) is 16.2. The van der Waals surface area contributed by atoms with Crippen LogP contribution in [0.25, 0.3) is 0 Å². The fraction of sp³-hybridized carbons (Fsp3) is 0.300. The third-order valence-corrected chi connectivity index (χ3v) is 4.16. The summed E-state index contributed by atoms with van der Waals surface area (Å²) in [6.45, 7) is 1.37. The molecular weight excluding hydrogens is 304 g/mol. The lowest BCUT2D eigenvalue weighted by Gasteiger charge is -2.13. The third kappa shape index (κ3) is 3.82. The fourth-order valence-electron chi connectivity index (χ4n) is 2.90. The first-order valence-corrected chi connectivity index (χ1v) is 8.17. The zero-order chi connectivity index (χ0) is 16.9. The number of hydrogen-bond acceptors (Lipinski definition) is 4.